The lowest BCUT2D eigenvalue weighted by atomic mass is 9.96. The van der Waals surface area contributed by atoms with Gasteiger partial charge in [-0.2, -0.15) is 0 Å². The summed E-state index contributed by atoms with van der Waals surface area (Å²) in [6.07, 6.45) is 2.09. The lowest BCUT2D eigenvalue weighted by Crippen LogP contribution is -2.43. The molecule has 6 heteroatoms. The number of urea groups is 1. The SMILES string of the molecule is CN1CC(=O)N(CC(=O)NCC2(c3ccccc3)CC2)C1=O. The van der Waals surface area contributed by atoms with Gasteiger partial charge in [0.25, 0.3) is 5.91 Å². The summed E-state index contributed by atoms with van der Waals surface area (Å²) < 4.78 is 0. The van der Waals surface area contributed by atoms with E-state index in [1.807, 2.05) is 18.2 Å². The van der Waals surface area contributed by atoms with E-state index in [2.05, 4.69) is 17.4 Å². The van der Waals surface area contributed by atoms with Crippen LogP contribution in [0.2, 0.25) is 0 Å². The van der Waals surface area contributed by atoms with Crippen molar-refractivity contribution >= 4 is 17.8 Å². The third-order valence-electron chi connectivity index (χ3n) is 4.40. The Kier molecular flexibility index (Phi) is 3.60. The lowest BCUT2D eigenvalue weighted by Gasteiger charge is -2.18. The zero-order valence-corrected chi connectivity index (χ0v) is 12.5. The Morgan fingerprint density at radius 3 is 2.45 bits per heavy atom. The summed E-state index contributed by atoms with van der Waals surface area (Å²) in [5, 5.41) is 2.86. The molecule has 0 radical (unpaired) electrons. The Balaban J connectivity index is 1.55. The second-order valence-electron chi connectivity index (χ2n) is 6.04. The zero-order valence-electron chi connectivity index (χ0n) is 12.5. The molecular formula is C16H19N3O3. The molecule has 0 spiro atoms. The first kappa shape index (κ1) is 14.6. The molecule has 116 valence electrons. The quantitative estimate of drug-likeness (QED) is 0.815. The number of hydrogen-bond donors (Lipinski definition) is 1. The summed E-state index contributed by atoms with van der Waals surface area (Å²) >= 11 is 0. The molecule has 1 aliphatic heterocycles. The third kappa shape index (κ3) is 2.68. The monoisotopic (exact) mass is 301 g/mol. The Morgan fingerprint density at radius 1 is 1.23 bits per heavy atom. The fourth-order valence-corrected chi connectivity index (χ4v) is 2.80. The van der Waals surface area contributed by atoms with Gasteiger partial charge in [0, 0.05) is 19.0 Å². The van der Waals surface area contributed by atoms with E-state index in [-0.39, 0.29) is 30.3 Å². The maximum atomic E-state index is 12.0. The number of likely N-dealkylation sites (N-methyl/N-ethyl adjacent to an activating group) is 1. The summed E-state index contributed by atoms with van der Waals surface area (Å²) in [4.78, 5) is 37.7. The fourth-order valence-electron chi connectivity index (χ4n) is 2.80. The summed E-state index contributed by atoms with van der Waals surface area (Å²) in [5.74, 6) is -0.619. The van der Waals surface area contributed by atoms with Crippen LogP contribution >= 0.6 is 0 Å². The number of benzene rings is 1. The van der Waals surface area contributed by atoms with Crippen molar-refractivity contribution in [2.45, 2.75) is 18.3 Å². The first-order chi connectivity index (χ1) is 10.5. The normalized spacial score (nSPS) is 19.5. The van der Waals surface area contributed by atoms with E-state index in [0.717, 1.165) is 17.7 Å². The Bertz CT molecular complexity index is 610. The molecule has 1 aromatic rings. The minimum Gasteiger partial charge on any atom is -0.354 e. The molecule has 4 amide bonds. The number of carbonyl (C=O) groups excluding carboxylic acids is 3. The van der Waals surface area contributed by atoms with E-state index in [1.165, 1.54) is 10.5 Å². The van der Waals surface area contributed by atoms with Gasteiger partial charge >= 0.3 is 6.03 Å². The van der Waals surface area contributed by atoms with E-state index in [4.69, 9.17) is 0 Å². The number of hydrogen-bond acceptors (Lipinski definition) is 3. The van der Waals surface area contributed by atoms with Gasteiger partial charge in [0.1, 0.15) is 13.1 Å². The van der Waals surface area contributed by atoms with E-state index < -0.39 is 6.03 Å². The second-order valence-corrected chi connectivity index (χ2v) is 6.04. The molecule has 1 N–H and O–H groups in total. The van der Waals surface area contributed by atoms with Crippen LogP contribution in [-0.4, -0.2) is 54.3 Å². The predicted molar refractivity (Wildman–Crippen MR) is 80.1 cm³/mol. The Morgan fingerprint density at radius 2 is 1.91 bits per heavy atom. The third-order valence-corrected chi connectivity index (χ3v) is 4.40. The minimum absolute atomic E-state index is 0.0206. The summed E-state index contributed by atoms with van der Waals surface area (Å²) in [6, 6.07) is 9.69. The number of amides is 4. The van der Waals surface area contributed by atoms with Crippen LogP contribution in [-0.2, 0) is 15.0 Å². The molecular weight excluding hydrogens is 282 g/mol. The van der Waals surface area contributed by atoms with Crippen LogP contribution in [0.5, 0.6) is 0 Å². The van der Waals surface area contributed by atoms with Crippen molar-refractivity contribution in [2.75, 3.05) is 26.7 Å². The van der Waals surface area contributed by atoms with Crippen molar-refractivity contribution in [3.63, 3.8) is 0 Å². The van der Waals surface area contributed by atoms with Crippen LogP contribution in [0.15, 0.2) is 30.3 Å². The van der Waals surface area contributed by atoms with Gasteiger partial charge in [-0.3, -0.25) is 14.5 Å². The number of nitrogens with one attached hydrogen (secondary N) is 1. The number of nitrogens with zero attached hydrogens (tertiary/aromatic N) is 2. The van der Waals surface area contributed by atoms with Crippen LogP contribution < -0.4 is 5.32 Å². The smallest absolute Gasteiger partial charge is 0.327 e. The predicted octanol–water partition coefficient (Wildman–Crippen LogP) is 0.728. The molecule has 0 aromatic heterocycles. The van der Waals surface area contributed by atoms with Gasteiger partial charge in [-0.05, 0) is 18.4 Å². The fraction of sp³-hybridized carbons (Fsp3) is 0.438. The van der Waals surface area contributed by atoms with E-state index in [1.54, 1.807) is 7.05 Å². The molecule has 1 saturated heterocycles. The molecule has 0 unspecified atom stereocenters. The molecule has 1 heterocycles. The molecule has 3 rings (SSSR count). The Labute approximate surface area is 129 Å². The van der Waals surface area contributed by atoms with E-state index >= 15 is 0 Å². The highest BCUT2D eigenvalue weighted by Crippen LogP contribution is 2.47. The highest BCUT2D eigenvalue weighted by atomic mass is 16.2. The minimum atomic E-state index is -0.413. The second kappa shape index (κ2) is 5.44. The van der Waals surface area contributed by atoms with Gasteiger partial charge in [0.2, 0.25) is 5.91 Å². The molecule has 2 aliphatic rings. The molecule has 22 heavy (non-hydrogen) atoms. The van der Waals surface area contributed by atoms with Gasteiger partial charge in [0.05, 0.1) is 0 Å². The van der Waals surface area contributed by atoms with E-state index in [0.29, 0.717) is 6.54 Å². The maximum Gasteiger partial charge on any atom is 0.327 e. The van der Waals surface area contributed by atoms with Crippen LogP contribution in [0.1, 0.15) is 18.4 Å². The zero-order chi connectivity index (χ0) is 15.7. The van der Waals surface area contributed by atoms with Crippen LogP contribution in [0.25, 0.3) is 0 Å². The van der Waals surface area contributed by atoms with Gasteiger partial charge in [-0.15, -0.1) is 0 Å². The van der Waals surface area contributed by atoms with Gasteiger partial charge < -0.3 is 10.2 Å². The highest BCUT2D eigenvalue weighted by Gasteiger charge is 2.44. The number of rotatable bonds is 5. The van der Waals surface area contributed by atoms with Crippen LogP contribution in [0.4, 0.5) is 4.79 Å². The van der Waals surface area contributed by atoms with Crippen LogP contribution in [0, 0.1) is 0 Å². The first-order valence-electron chi connectivity index (χ1n) is 7.39. The van der Waals surface area contributed by atoms with Crippen molar-refractivity contribution in [1.29, 1.82) is 0 Å². The van der Waals surface area contributed by atoms with Gasteiger partial charge in [-0.1, -0.05) is 30.3 Å². The molecule has 1 aliphatic carbocycles. The number of carbonyl (C=O) groups is 3. The van der Waals surface area contributed by atoms with Gasteiger partial charge in [-0.25, -0.2) is 4.79 Å². The van der Waals surface area contributed by atoms with Gasteiger partial charge in [0.15, 0.2) is 0 Å². The van der Waals surface area contributed by atoms with Crippen molar-refractivity contribution in [3.8, 4) is 0 Å². The Hall–Kier alpha value is -2.37. The van der Waals surface area contributed by atoms with E-state index in [9.17, 15) is 14.4 Å². The summed E-state index contributed by atoms with van der Waals surface area (Å²) in [7, 11) is 1.55. The molecule has 6 nitrogen and oxygen atoms in total. The van der Waals surface area contributed by atoms with Crippen molar-refractivity contribution in [3.05, 3.63) is 35.9 Å². The van der Waals surface area contributed by atoms with Crippen molar-refractivity contribution in [1.82, 2.24) is 15.1 Å². The molecule has 0 atom stereocenters. The maximum absolute atomic E-state index is 12.0. The topological polar surface area (TPSA) is 69.7 Å². The molecule has 1 saturated carbocycles. The molecule has 2 fully saturated rings. The van der Waals surface area contributed by atoms with Crippen LogP contribution in [0.3, 0.4) is 0 Å². The average Bonchev–Trinajstić information content (AvgIpc) is 3.27. The summed E-state index contributed by atoms with van der Waals surface area (Å²) in [5.41, 5.74) is 1.25. The first-order valence-corrected chi connectivity index (χ1v) is 7.39. The largest absolute Gasteiger partial charge is 0.354 e. The molecule has 1 aromatic carbocycles. The van der Waals surface area contributed by atoms with Crippen molar-refractivity contribution in [2.24, 2.45) is 0 Å². The number of imide groups is 1. The van der Waals surface area contributed by atoms with Crippen molar-refractivity contribution < 1.29 is 14.4 Å². The summed E-state index contributed by atoms with van der Waals surface area (Å²) in [6.45, 7) is 0.384. The highest BCUT2D eigenvalue weighted by molar-refractivity contribution is 6.04. The lowest BCUT2D eigenvalue weighted by molar-refractivity contribution is -0.130. The molecule has 0 bridgehead atoms. The average molecular weight is 301 g/mol. The standard InChI is InChI=1S/C16H19N3O3/c1-18-10-14(21)19(15(18)22)9-13(20)17-11-16(7-8-16)12-5-3-2-4-6-12/h2-6H,7-11H2,1H3,(H,17,20).